The molecule has 1 aromatic heterocycles. The van der Waals surface area contributed by atoms with Crippen LogP contribution in [0.15, 0.2) is 24.8 Å². The van der Waals surface area contributed by atoms with Crippen molar-refractivity contribution in [1.82, 2.24) is 20.0 Å². The van der Waals surface area contributed by atoms with E-state index in [4.69, 9.17) is 4.74 Å². The van der Waals surface area contributed by atoms with Crippen molar-refractivity contribution < 1.29 is 13.9 Å². The number of hydrogen-bond donors (Lipinski definition) is 1. The first-order valence-corrected chi connectivity index (χ1v) is 13.6. The molecule has 3 heterocycles. The number of anilines is 1. The predicted octanol–water partition coefficient (Wildman–Crippen LogP) is 5.11. The van der Waals surface area contributed by atoms with Crippen LogP contribution in [0.3, 0.4) is 0 Å². The fourth-order valence-electron chi connectivity index (χ4n) is 6.64. The predicted molar refractivity (Wildman–Crippen MR) is 141 cm³/mol. The lowest BCUT2D eigenvalue weighted by Gasteiger charge is -2.44. The van der Waals surface area contributed by atoms with E-state index in [1.807, 2.05) is 13.1 Å². The zero-order valence-corrected chi connectivity index (χ0v) is 21.8. The summed E-state index contributed by atoms with van der Waals surface area (Å²) in [4.78, 5) is 16.8. The Kier molecular flexibility index (Phi) is 7.35. The zero-order chi connectivity index (χ0) is 25.3. The minimum absolute atomic E-state index is 0.160. The maximum Gasteiger partial charge on any atom is 0.322 e. The Morgan fingerprint density at radius 3 is 2.67 bits per heavy atom. The van der Waals surface area contributed by atoms with Gasteiger partial charge in [-0.2, -0.15) is 5.10 Å². The van der Waals surface area contributed by atoms with E-state index in [-0.39, 0.29) is 23.4 Å². The molecule has 3 aliphatic rings. The monoisotopic (exact) mass is 497 g/mol. The molecule has 2 aromatic rings. The molecule has 8 heteroatoms. The van der Waals surface area contributed by atoms with Crippen molar-refractivity contribution in [3.63, 3.8) is 0 Å². The van der Waals surface area contributed by atoms with Crippen molar-refractivity contribution in [2.45, 2.75) is 75.3 Å². The minimum atomic E-state index is -0.261. The van der Waals surface area contributed by atoms with Crippen LogP contribution in [0.5, 0.6) is 0 Å². The van der Waals surface area contributed by atoms with Crippen LogP contribution < -0.4 is 10.2 Å². The van der Waals surface area contributed by atoms with Gasteiger partial charge in [-0.05, 0) is 81.4 Å². The number of carbonyl (C=O) groups excluding carboxylic acids is 1. The highest BCUT2D eigenvalue weighted by Gasteiger charge is 2.40. The number of fused-ring (bicyclic) bond motifs is 1. The molecule has 196 valence electrons. The van der Waals surface area contributed by atoms with Crippen molar-refractivity contribution in [2.24, 2.45) is 7.05 Å². The molecule has 2 amide bonds. The number of nitrogens with zero attached hydrogens (tertiary/aromatic N) is 4. The lowest BCUT2D eigenvalue weighted by atomic mass is 9.79. The Morgan fingerprint density at radius 2 is 2.03 bits per heavy atom. The first-order chi connectivity index (χ1) is 17.4. The summed E-state index contributed by atoms with van der Waals surface area (Å²) in [7, 11) is 3.45. The highest BCUT2D eigenvalue weighted by atomic mass is 19.1. The van der Waals surface area contributed by atoms with Gasteiger partial charge in [0.15, 0.2) is 5.82 Å². The van der Waals surface area contributed by atoms with Crippen molar-refractivity contribution in [3.8, 4) is 0 Å². The summed E-state index contributed by atoms with van der Waals surface area (Å²) in [6.07, 6.45) is 11.3. The van der Waals surface area contributed by atoms with Crippen molar-refractivity contribution >= 4 is 22.8 Å². The van der Waals surface area contributed by atoms with Gasteiger partial charge in [0.25, 0.3) is 0 Å². The number of urea groups is 1. The number of rotatable bonds is 6. The zero-order valence-electron chi connectivity index (χ0n) is 21.8. The van der Waals surface area contributed by atoms with Crippen molar-refractivity contribution in [1.29, 1.82) is 0 Å². The lowest BCUT2D eigenvalue weighted by Crippen LogP contribution is -2.48. The molecule has 1 aromatic carbocycles. The fourth-order valence-corrected chi connectivity index (χ4v) is 6.64. The highest BCUT2D eigenvalue weighted by Crippen LogP contribution is 2.41. The Bertz CT molecular complexity index is 1090. The van der Waals surface area contributed by atoms with Crippen LogP contribution in [0.4, 0.5) is 15.0 Å². The molecule has 0 radical (unpaired) electrons. The van der Waals surface area contributed by atoms with Crippen molar-refractivity contribution in [2.75, 3.05) is 38.2 Å². The molecule has 36 heavy (non-hydrogen) atoms. The van der Waals surface area contributed by atoms with Gasteiger partial charge in [0, 0.05) is 51.8 Å². The Balaban J connectivity index is 1.29. The van der Waals surface area contributed by atoms with E-state index in [0.29, 0.717) is 30.2 Å². The van der Waals surface area contributed by atoms with Gasteiger partial charge in [-0.1, -0.05) is 6.08 Å². The number of ether oxygens (including phenoxy) is 1. The Labute approximate surface area is 213 Å². The number of benzene rings is 1. The maximum atomic E-state index is 15.5. The molecule has 0 atom stereocenters. The van der Waals surface area contributed by atoms with Gasteiger partial charge in [-0.3, -0.25) is 9.58 Å². The third-order valence-corrected chi connectivity index (χ3v) is 8.77. The van der Waals surface area contributed by atoms with Crippen LogP contribution in [0.25, 0.3) is 10.9 Å². The average molecular weight is 498 g/mol. The molecule has 0 bridgehead atoms. The molecule has 3 fully saturated rings. The number of hydrogen-bond acceptors (Lipinski definition) is 4. The van der Waals surface area contributed by atoms with Gasteiger partial charge in [-0.15, -0.1) is 6.58 Å². The lowest BCUT2D eigenvalue weighted by molar-refractivity contribution is -0.0537. The van der Waals surface area contributed by atoms with Crippen LogP contribution in [0, 0.1) is 5.82 Å². The molecule has 2 saturated heterocycles. The number of piperidine rings is 1. The number of halogens is 1. The van der Waals surface area contributed by atoms with Gasteiger partial charge in [-0.25, -0.2) is 9.18 Å². The average Bonchev–Trinajstić information content (AvgIpc) is 3.48. The summed E-state index contributed by atoms with van der Waals surface area (Å²) in [6.45, 7) is 7.37. The number of nitrogens with one attached hydrogen (secondary N) is 1. The largest absolute Gasteiger partial charge is 0.375 e. The van der Waals surface area contributed by atoms with Crippen LogP contribution in [-0.2, 0) is 11.8 Å². The van der Waals surface area contributed by atoms with E-state index in [2.05, 4.69) is 21.9 Å². The smallest absolute Gasteiger partial charge is 0.322 e. The number of likely N-dealkylation sites (tertiary alicyclic amines) is 1. The third-order valence-electron chi connectivity index (χ3n) is 8.77. The van der Waals surface area contributed by atoms with Crippen molar-refractivity contribution in [3.05, 3.63) is 36.2 Å². The number of aryl methyl sites for hydroxylation is 1. The summed E-state index contributed by atoms with van der Waals surface area (Å²) >= 11 is 0. The van der Waals surface area contributed by atoms with E-state index in [1.165, 1.54) is 12.8 Å². The number of amides is 2. The maximum absolute atomic E-state index is 15.5. The molecule has 2 aliphatic heterocycles. The summed E-state index contributed by atoms with van der Waals surface area (Å²) in [5, 5.41) is 7.94. The molecule has 5 rings (SSSR count). The van der Waals surface area contributed by atoms with Gasteiger partial charge < -0.3 is 15.0 Å². The first-order valence-electron chi connectivity index (χ1n) is 13.6. The van der Waals surface area contributed by atoms with Crippen LogP contribution in [-0.4, -0.2) is 65.6 Å². The topological polar surface area (TPSA) is 62.6 Å². The standard InChI is InChI=1S/C28H40FN5O2/c1-4-5-14-34(27(35)30-2)26-23-18-24(29)22(19-25(23)32(3)31-26)20-7-9-21(10-8-20)33-15-12-28(13-16-33)11-6-17-36-28/h4,18-21H,1,5-17H2,2-3H3,(H,30,35). The van der Waals surface area contributed by atoms with Gasteiger partial charge in [0.2, 0.25) is 0 Å². The van der Waals surface area contributed by atoms with Crippen LogP contribution in [0.2, 0.25) is 0 Å². The van der Waals surface area contributed by atoms with E-state index in [9.17, 15) is 4.79 Å². The summed E-state index contributed by atoms with van der Waals surface area (Å²) in [6, 6.07) is 3.88. The molecule has 1 aliphatic carbocycles. The van der Waals surface area contributed by atoms with Crippen LogP contribution in [0.1, 0.15) is 69.3 Å². The quantitative estimate of drug-likeness (QED) is 0.564. The summed E-state index contributed by atoms with van der Waals surface area (Å²) < 4.78 is 23.4. The second kappa shape index (κ2) is 10.5. The minimum Gasteiger partial charge on any atom is -0.375 e. The van der Waals surface area contributed by atoms with Gasteiger partial charge in [0.1, 0.15) is 5.82 Å². The second-order valence-electron chi connectivity index (χ2n) is 10.8. The summed E-state index contributed by atoms with van der Waals surface area (Å²) in [5.41, 5.74) is 1.80. The molecule has 1 saturated carbocycles. The molecular formula is C28H40FN5O2. The van der Waals surface area contributed by atoms with E-state index in [1.54, 1.807) is 28.8 Å². The third kappa shape index (κ3) is 4.77. The van der Waals surface area contributed by atoms with Crippen LogP contribution >= 0.6 is 0 Å². The molecule has 0 unspecified atom stereocenters. The normalized spacial score (nSPS) is 24.3. The molecule has 7 nitrogen and oxygen atoms in total. The van der Waals surface area contributed by atoms with Gasteiger partial charge >= 0.3 is 6.03 Å². The highest BCUT2D eigenvalue weighted by molar-refractivity contribution is 6.01. The first kappa shape index (κ1) is 25.2. The Morgan fingerprint density at radius 1 is 1.28 bits per heavy atom. The van der Waals surface area contributed by atoms with E-state index in [0.717, 1.165) is 69.3 Å². The Hall–Kier alpha value is -2.45. The van der Waals surface area contributed by atoms with E-state index >= 15 is 4.39 Å². The second-order valence-corrected chi connectivity index (χ2v) is 10.8. The molecule has 1 N–H and O–H groups in total. The molecular weight excluding hydrogens is 457 g/mol. The SMILES string of the molecule is C=CCCN(C(=O)NC)c1nn(C)c2cc(C3CCC(N4CCC5(CCCO5)CC4)CC3)c(F)cc12. The molecule has 1 spiro atoms. The number of aromatic nitrogens is 2. The van der Waals surface area contributed by atoms with Gasteiger partial charge in [0.05, 0.1) is 11.1 Å². The number of carbonyl (C=O) groups is 1. The van der Waals surface area contributed by atoms with E-state index < -0.39 is 0 Å². The fraction of sp³-hybridized carbons (Fsp3) is 0.643. The summed E-state index contributed by atoms with van der Waals surface area (Å²) in [5.74, 6) is 0.505.